The fraction of sp³-hybridized carbons (Fsp3) is 0.300. The molecule has 0 aliphatic heterocycles. The quantitative estimate of drug-likeness (QED) is 0.882. The van der Waals surface area contributed by atoms with Crippen molar-refractivity contribution in [1.82, 2.24) is 19.7 Å². The molecule has 0 saturated carbocycles. The predicted octanol–water partition coefficient (Wildman–Crippen LogP) is 0.537. The number of primary sulfonamides is 1. The molecule has 2 aromatic heterocycles. The predicted molar refractivity (Wildman–Crippen MR) is 64.9 cm³/mol. The van der Waals surface area contributed by atoms with E-state index in [0.717, 1.165) is 6.20 Å². The zero-order valence-corrected chi connectivity index (χ0v) is 10.9. The molecule has 0 spiro atoms. The summed E-state index contributed by atoms with van der Waals surface area (Å²) in [5.74, 6) is -0.247. The Labute approximate surface area is 109 Å². The number of rotatable bonds is 4. The van der Waals surface area contributed by atoms with Gasteiger partial charge < -0.3 is 0 Å². The summed E-state index contributed by atoms with van der Waals surface area (Å²) in [7, 11) is -3.96. The number of sulfonamides is 1. The molecule has 0 unspecified atom stereocenters. The van der Waals surface area contributed by atoms with Crippen LogP contribution in [0.15, 0.2) is 23.5 Å². The van der Waals surface area contributed by atoms with Crippen molar-refractivity contribution in [3.05, 3.63) is 24.1 Å². The minimum absolute atomic E-state index is 0.242. The highest BCUT2D eigenvalue weighted by Gasteiger charge is 2.22. The highest BCUT2D eigenvalue weighted by Crippen LogP contribution is 2.18. The molecule has 0 fully saturated rings. The SMILES string of the molecule is CCCn1c(-c2ccc(F)cn2)nnc1S(N)(=O)=O. The van der Waals surface area contributed by atoms with E-state index in [1.807, 2.05) is 6.92 Å². The topological polar surface area (TPSA) is 104 Å². The van der Waals surface area contributed by atoms with Gasteiger partial charge in [0.2, 0.25) is 0 Å². The second-order valence-corrected chi connectivity index (χ2v) is 5.32. The van der Waals surface area contributed by atoms with Crippen molar-refractivity contribution in [2.45, 2.75) is 25.0 Å². The molecule has 102 valence electrons. The van der Waals surface area contributed by atoms with Crippen LogP contribution in [0, 0.1) is 5.82 Å². The molecule has 7 nitrogen and oxygen atoms in total. The van der Waals surface area contributed by atoms with Crippen LogP contribution in [0.3, 0.4) is 0 Å². The first-order valence-corrected chi connectivity index (χ1v) is 7.06. The van der Waals surface area contributed by atoms with E-state index in [1.165, 1.54) is 16.7 Å². The largest absolute Gasteiger partial charge is 0.295 e. The Morgan fingerprint density at radius 2 is 2.11 bits per heavy atom. The van der Waals surface area contributed by atoms with Crippen molar-refractivity contribution >= 4 is 10.0 Å². The molecule has 0 atom stereocenters. The molecule has 0 saturated heterocycles. The first kappa shape index (κ1) is 13.6. The van der Waals surface area contributed by atoms with Gasteiger partial charge in [-0.05, 0) is 18.6 Å². The molecule has 2 aromatic rings. The van der Waals surface area contributed by atoms with Gasteiger partial charge in [-0.2, -0.15) is 0 Å². The third-order valence-corrected chi connectivity index (χ3v) is 3.19. The number of aromatic nitrogens is 4. The minimum Gasteiger partial charge on any atom is -0.295 e. The maximum absolute atomic E-state index is 12.8. The highest BCUT2D eigenvalue weighted by molar-refractivity contribution is 7.89. The number of pyridine rings is 1. The van der Waals surface area contributed by atoms with Gasteiger partial charge in [0.1, 0.15) is 11.5 Å². The van der Waals surface area contributed by atoms with Crippen molar-refractivity contribution in [2.75, 3.05) is 0 Å². The standard InChI is InChI=1S/C10H12FN5O2S/c1-2-5-16-9(8-4-3-7(11)6-13-8)14-15-10(16)19(12,17)18/h3-4,6H,2,5H2,1H3,(H2,12,17,18). The molecule has 0 aromatic carbocycles. The molecule has 0 aliphatic carbocycles. The summed E-state index contributed by atoms with van der Waals surface area (Å²) >= 11 is 0. The van der Waals surface area contributed by atoms with Crippen LogP contribution in [-0.2, 0) is 16.6 Å². The molecule has 0 amide bonds. The summed E-state index contributed by atoms with van der Waals surface area (Å²) < 4.78 is 37.0. The summed E-state index contributed by atoms with van der Waals surface area (Å²) in [6.45, 7) is 2.24. The first-order valence-electron chi connectivity index (χ1n) is 5.51. The number of hydrogen-bond donors (Lipinski definition) is 1. The van der Waals surface area contributed by atoms with Crippen LogP contribution in [0.25, 0.3) is 11.5 Å². The molecule has 2 heterocycles. The van der Waals surface area contributed by atoms with Crippen molar-refractivity contribution in [3.8, 4) is 11.5 Å². The van der Waals surface area contributed by atoms with E-state index in [9.17, 15) is 12.8 Å². The van der Waals surface area contributed by atoms with Crippen molar-refractivity contribution in [3.63, 3.8) is 0 Å². The van der Waals surface area contributed by atoms with Gasteiger partial charge in [-0.15, -0.1) is 10.2 Å². The molecule has 2 N–H and O–H groups in total. The molecule has 19 heavy (non-hydrogen) atoms. The monoisotopic (exact) mass is 285 g/mol. The summed E-state index contributed by atoms with van der Waals surface area (Å²) in [6, 6.07) is 2.61. The molecule has 0 radical (unpaired) electrons. The lowest BCUT2D eigenvalue weighted by atomic mass is 10.3. The lowest BCUT2D eigenvalue weighted by Gasteiger charge is -2.06. The van der Waals surface area contributed by atoms with E-state index < -0.39 is 15.8 Å². The van der Waals surface area contributed by atoms with E-state index in [2.05, 4.69) is 15.2 Å². The van der Waals surface area contributed by atoms with Crippen LogP contribution in [0.1, 0.15) is 13.3 Å². The average Bonchev–Trinajstić information content (AvgIpc) is 2.74. The third kappa shape index (κ3) is 2.76. The Morgan fingerprint density at radius 3 is 2.63 bits per heavy atom. The summed E-state index contributed by atoms with van der Waals surface area (Å²) in [4.78, 5) is 3.85. The van der Waals surface area contributed by atoms with Crippen LogP contribution in [0.2, 0.25) is 0 Å². The molecular weight excluding hydrogens is 273 g/mol. The van der Waals surface area contributed by atoms with Gasteiger partial charge in [-0.1, -0.05) is 6.92 Å². The van der Waals surface area contributed by atoms with Gasteiger partial charge in [0, 0.05) is 6.54 Å². The number of halogens is 1. The summed E-state index contributed by atoms with van der Waals surface area (Å²) in [5.41, 5.74) is 0.331. The van der Waals surface area contributed by atoms with Gasteiger partial charge in [0.25, 0.3) is 15.2 Å². The van der Waals surface area contributed by atoms with Crippen LogP contribution in [-0.4, -0.2) is 28.2 Å². The molecule has 2 rings (SSSR count). The fourth-order valence-corrected chi connectivity index (χ4v) is 2.26. The Hall–Kier alpha value is -1.87. The van der Waals surface area contributed by atoms with E-state index in [0.29, 0.717) is 18.7 Å². The first-order chi connectivity index (χ1) is 8.93. The minimum atomic E-state index is -3.96. The molecule has 0 bridgehead atoms. The lowest BCUT2D eigenvalue weighted by molar-refractivity contribution is 0.559. The Kier molecular flexibility index (Phi) is 3.58. The van der Waals surface area contributed by atoms with Crippen molar-refractivity contribution in [2.24, 2.45) is 5.14 Å². The Balaban J connectivity index is 2.58. The highest BCUT2D eigenvalue weighted by atomic mass is 32.2. The lowest BCUT2D eigenvalue weighted by Crippen LogP contribution is -2.19. The zero-order chi connectivity index (χ0) is 14.0. The summed E-state index contributed by atoms with van der Waals surface area (Å²) in [5, 5.41) is 12.1. The van der Waals surface area contributed by atoms with Gasteiger partial charge in [-0.3, -0.25) is 4.57 Å². The molecule has 0 aliphatic rings. The molecule has 9 heteroatoms. The van der Waals surface area contributed by atoms with Crippen molar-refractivity contribution in [1.29, 1.82) is 0 Å². The Morgan fingerprint density at radius 1 is 1.37 bits per heavy atom. The number of hydrogen-bond acceptors (Lipinski definition) is 5. The molecular formula is C10H12FN5O2S. The maximum Gasteiger partial charge on any atom is 0.273 e. The fourth-order valence-electron chi connectivity index (χ4n) is 1.62. The number of nitrogens with zero attached hydrogens (tertiary/aromatic N) is 4. The zero-order valence-electron chi connectivity index (χ0n) is 10.1. The van der Waals surface area contributed by atoms with E-state index >= 15 is 0 Å². The second kappa shape index (κ2) is 5.02. The van der Waals surface area contributed by atoms with E-state index in [4.69, 9.17) is 5.14 Å². The van der Waals surface area contributed by atoms with E-state index in [1.54, 1.807) is 0 Å². The second-order valence-electron chi connectivity index (χ2n) is 3.86. The van der Waals surface area contributed by atoms with Crippen LogP contribution in [0.5, 0.6) is 0 Å². The normalized spacial score (nSPS) is 11.7. The average molecular weight is 285 g/mol. The third-order valence-electron chi connectivity index (χ3n) is 2.38. The van der Waals surface area contributed by atoms with Crippen LogP contribution < -0.4 is 5.14 Å². The van der Waals surface area contributed by atoms with Crippen LogP contribution >= 0.6 is 0 Å². The smallest absolute Gasteiger partial charge is 0.273 e. The van der Waals surface area contributed by atoms with Gasteiger partial charge in [0.05, 0.1) is 6.20 Å². The van der Waals surface area contributed by atoms with Gasteiger partial charge in [-0.25, -0.2) is 22.9 Å². The Bertz CT molecular complexity index is 680. The number of nitrogens with two attached hydrogens (primary N) is 1. The van der Waals surface area contributed by atoms with Gasteiger partial charge >= 0.3 is 0 Å². The van der Waals surface area contributed by atoms with Crippen LogP contribution in [0.4, 0.5) is 4.39 Å². The van der Waals surface area contributed by atoms with E-state index in [-0.39, 0.29) is 11.0 Å². The van der Waals surface area contributed by atoms with Crippen molar-refractivity contribution < 1.29 is 12.8 Å². The van der Waals surface area contributed by atoms with Gasteiger partial charge in [0.15, 0.2) is 5.82 Å². The maximum atomic E-state index is 12.8. The summed E-state index contributed by atoms with van der Waals surface area (Å²) in [6.07, 6.45) is 1.69.